The highest BCUT2D eigenvalue weighted by Gasteiger charge is 2.67. The van der Waals surface area contributed by atoms with Gasteiger partial charge in [0.25, 0.3) is 0 Å². The minimum absolute atomic E-state index is 0.715. The fraction of sp³-hybridized carbons (Fsp3) is 1.00. The van der Waals surface area contributed by atoms with Crippen LogP contribution in [0.15, 0.2) is 0 Å². The molecule has 0 aromatic rings. The fourth-order valence-electron chi connectivity index (χ4n) is 3.71. The molecule has 2 saturated carbocycles. The summed E-state index contributed by atoms with van der Waals surface area (Å²) >= 11 is 0. The van der Waals surface area contributed by atoms with E-state index in [4.69, 9.17) is 0 Å². The van der Waals surface area contributed by atoms with Gasteiger partial charge in [-0.05, 0) is 35.5 Å². The molecule has 0 aliphatic heterocycles. The van der Waals surface area contributed by atoms with Crippen LogP contribution >= 0.6 is 0 Å². The lowest BCUT2D eigenvalue weighted by atomic mass is 9.31. The highest BCUT2D eigenvalue weighted by atomic mass is 14.7. The third kappa shape index (κ3) is 0.408. The maximum Gasteiger partial charge on any atom is -0.0220 e. The Balaban J connectivity index is 2.24. The zero-order chi connectivity index (χ0) is 7.57. The molecule has 0 spiro atoms. The first-order valence-corrected chi connectivity index (χ1v) is 4.51. The van der Waals surface area contributed by atoms with Crippen LogP contribution in [0.5, 0.6) is 0 Å². The van der Waals surface area contributed by atoms with E-state index >= 15 is 0 Å². The van der Waals surface area contributed by atoms with Crippen molar-refractivity contribution in [3.8, 4) is 0 Å². The molecule has 2 aliphatic carbocycles. The Hall–Kier alpha value is 0. The average Bonchev–Trinajstić information content (AvgIpc) is 1.86. The first kappa shape index (κ1) is 6.69. The Kier molecular flexibility index (Phi) is 0.964. The van der Waals surface area contributed by atoms with E-state index < -0.39 is 0 Å². The quantitative estimate of drug-likeness (QED) is 0.482. The van der Waals surface area contributed by atoms with Crippen LogP contribution in [0.1, 0.15) is 40.5 Å². The summed E-state index contributed by atoms with van der Waals surface area (Å²) in [5.74, 6) is 1.97. The minimum atomic E-state index is 0.715. The van der Waals surface area contributed by atoms with Crippen LogP contribution in [0.25, 0.3) is 0 Å². The van der Waals surface area contributed by atoms with Crippen LogP contribution in [0, 0.1) is 22.7 Å². The normalized spacial score (nSPS) is 66.0. The first-order chi connectivity index (χ1) is 4.51. The van der Waals surface area contributed by atoms with Crippen LogP contribution in [0.4, 0.5) is 0 Å². The van der Waals surface area contributed by atoms with Crippen molar-refractivity contribution in [2.45, 2.75) is 40.5 Å². The van der Waals surface area contributed by atoms with E-state index in [0.29, 0.717) is 5.41 Å². The minimum Gasteiger partial charge on any atom is -0.0619 e. The summed E-state index contributed by atoms with van der Waals surface area (Å²) in [6.45, 7) is 9.77. The monoisotopic (exact) mass is 138 g/mol. The van der Waals surface area contributed by atoms with E-state index in [9.17, 15) is 0 Å². The van der Waals surface area contributed by atoms with Crippen LogP contribution < -0.4 is 0 Å². The second kappa shape index (κ2) is 1.44. The lowest BCUT2D eigenvalue weighted by molar-refractivity contribution is -0.246. The summed E-state index contributed by atoms with van der Waals surface area (Å²) in [7, 11) is 0. The van der Waals surface area contributed by atoms with Crippen molar-refractivity contribution in [1.29, 1.82) is 0 Å². The number of hydrogen-bond acceptors (Lipinski definition) is 0. The molecule has 0 nitrogen and oxygen atoms in total. The van der Waals surface area contributed by atoms with Crippen molar-refractivity contribution in [3.05, 3.63) is 0 Å². The number of hydrogen-bond donors (Lipinski definition) is 0. The van der Waals surface area contributed by atoms with E-state index in [1.54, 1.807) is 0 Å². The van der Waals surface area contributed by atoms with Gasteiger partial charge < -0.3 is 0 Å². The molecule has 0 amide bonds. The van der Waals surface area contributed by atoms with Gasteiger partial charge in [0, 0.05) is 0 Å². The Morgan fingerprint density at radius 1 is 1.00 bits per heavy atom. The molecule has 2 fully saturated rings. The molecular weight excluding hydrogens is 120 g/mol. The van der Waals surface area contributed by atoms with E-state index in [-0.39, 0.29) is 0 Å². The Morgan fingerprint density at radius 3 is 1.50 bits per heavy atom. The van der Waals surface area contributed by atoms with Gasteiger partial charge in [-0.2, -0.15) is 0 Å². The van der Waals surface area contributed by atoms with E-state index in [1.165, 1.54) is 12.8 Å². The van der Waals surface area contributed by atoms with Gasteiger partial charge in [0.05, 0.1) is 0 Å². The van der Waals surface area contributed by atoms with Crippen molar-refractivity contribution in [2.75, 3.05) is 0 Å². The maximum atomic E-state index is 2.48. The number of rotatable bonds is 0. The van der Waals surface area contributed by atoms with Crippen molar-refractivity contribution in [2.24, 2.45) is 22.7 Å². The summed E-state index contributed by atoms with van der Waals surface area (Å²) < 4.78 is 0. The zero-order valence-corrected chi connectivity index (χ0v) is 7.57. The highest BCUT2D eigenvalue weighted by molar-refractivity contribution is 5.16. The smallest absolute Gasteiger partial charge is 0.0220 e. The second-order valence-corrected chi connectivity index (χ2v) is 5.05. The predicted molar refractivity (Wildman–Crippen MR) is 43.8 cm³/mol. The van der Waals surface area contributed by atoms with Crippen LogP contribution in [-0.4, -0.2) is 0 Å². The van der Waals surface area contributed by atoms with E-state index in [1.807, 2.05) is 0 Å². The summed E-state index contributed by atoms with van der Waals surface area (Å²) in [6.07, 6.45) is 2.96. The van der Waals surface area contributed by atoms with Gasteiger partial charge in [0.1, 0.15) is 0 Å². The SMILES string of the molecule is CC1CC2(C)CC(C)C12C. The third-order valence-corrected chi connectivity index (χ3v) is 4.86. The van der Waals surface area contributed by atoms with Crippen molar-refractivity contribution in [3.63, 3.8) is 0 Å². The lowest BCUT2D eigenvalue weighted by Gasteiger charge is -2.73. The molecule has 2 rings (SSSR count). The van der Waals surface area contributed by atoms with Gasteiger partial charge >= 0.3 is 0 Å². The first-order valence-electron chi connectivity index (χ1n) is 4.51. The second-order valence-electron chi connectivity index (χ2n) is 5.05. The van der Waals surface area contributed by atoms with Crippen molar-refractivity contribution < 1.29 is 0 Å². The van der Waals surface area contributed by atoms with Gasteiger partial charge in [-0.15, -0.1) is 0 Å². The molecule has 0 aromatic heterocycles. The number of fused-ring (bicyclic) bond motifs is 1. The molecule has 0 saturated heterocycles. The molecule has 0 heterocycles. The fourth-order valence-corrected chi connectivity index (χ4v) is 3.71. The molecule has 0 aromatic carbocycles. The molecule has 58 valence electrons. The third-order valence-electron chi connectivity index (χ3n) is 4.86. The van der Waals surface area contributed by atoms with E-state index in [0.717, 1.165) is 17.3 Å². The summed E-state index contributed by atoms with van der Waals surface area (Å²) in [5, 5.41) is 0. The zero-order valence-electron chi connectivity index (χ0n) is 7.57. The van der Waals surface area contributed by atoms with Crippen molar-refractivity contribution >= 4 is 0 Å². The van der Waals surface area contributed by atoms with Gasteiger partial charge in [0.15, 0.2) is 0 Å². The maximum absolute atomic E-state index is 2.48. The van der Waals surface area contributed by atoms with E-state index in [2.05, 4.69) is 27.7 Å². The molecule has 2 unspecified atom stereocenters. The Labute approximate surface area is 64.0 Å². The standard InChI is InChI=1S/C10H18/c1-7-5-9(3)6-8(2)10(7,9)4/h7-8H,5-6H2,1-4H3. The van der Waals surface area contributed by atoms with Crippen LogP contribution in [0.3, 0.4) is 0 Å². The molecule has 0 heteroatoms. The van der Waals surface area contributed by atoms with Gasteiger partial charge in [-0.1, -0.05) is 27.7 Å². The van der Waals surface area contributed by atoms with Gasteiger partial charge in [-0.25, -0.2) is 0 Å². The summed E-state index contributed by atoms with van der Waals surface area (Å²) in [4.78, 5) is 0. The van der Waals surface area contributed by atoms with Crippen LogP contribution in [0.2, 0.25) is 0 Å². The molecule has 10 heavy (non-hydrogen) atoms. The molecule has 0 N–H and O–H groups in total. The molecule has 2 aliphatic rings. The molecular formula is C10H18. The molecule has 0 radical (unpaired) electrons. The Morgan fingerprint density at radius 2 is 1.40 bits per heavy atom. The lowest BCUT2D eigenvalue weighted by Crippen LogP contribution is -2.66. The average molecular weight is 138 g/mol. The highest BCUT2D eigenvalue weighted by Crippen LogP contribution is 2.75. The topological polar surface area (TPSA) is 0 Å². The summed E-state index contributed by atoms with van der Waals surface area (Å²) in [5.41, 5.74) is 1.46. The summed E-state index contributed by atoms with van der Waals surface area (Å²) in [6, 6.07) is 0. The van der Waals surface area contributed by atoms with Gasteiger partial charge in [0.2, 0.25) is 0 Å². The van der Waals surface area contributed by atoms with Crippen LogP contribution in [-0.2, 0) is 0 Å². The van der Waals surface area contributed by atoms with Crippen molar-refractivity contribution in [1.82, 2.24) is 0 Å². The molecule has 2 atom stereocenters. The van der Waals surface area contributed by atoms with Gasteiger partial charge in [-0.3, -0.25) is 0 Å². The largest absolute Gasteiger partial charge is 0.0619 e. The predicted octanol–water partition coefficient (Wildman–Crippen LogP) is 3.08. The Bertz CT molecular complexity index is 157. The molecule has 0 bridgehead atoms.